The van der Waals surface area contributed by atoms with Crippen LogP contribution in [0.1, 0.15) is 25.7 Å². The number of nitrogens with zero attached hydrogens (tertiary/aromatic N) is 2. The molecule has 0 radical (unpaired) electrons. The zero-order valence-electron chi connectivity index (χ0n) is 7.36. The summed E-state index contributed by atoms with van der Waals surface area (Å²) < 4.78 is 0. The van der Waals surface area contributed by atoms with Crippen molar-refractivity contribution in [2.45, 2.75) is 37.8 Å². The van der Waals surface area contributed by atoms with Crippen LogP contribution in [0, 0.1) is 17.2 Å². The summed E-state index contributed by atoms with van der Waals surface area (Å²) in [5.41, 5.74) is 0. The Hall–Kier alpha value is -0.590. The van der Waals surface area contributed by atoms with Crippen molar-refractivity contribution in [3.05, 3.63) is 0 Å². The van der Waals surface area contributed by atoms with Crippen LogP contribution in [0.4, 0.5) is 0 Å². The first-order valence-corrected chi connectivity index (χ1v) is 4.57. The minimum Gasteiger partial charge on any atom is -0.302 e. The van der Waals surface area contributed by atoms with Gasteiger partial charge in [0.1, 0.15) is 0 Å². The molecule has 12 heavy (non-hydrogen) atoms. The Labute approximate surface area is 72.9 Å². The van der Waals surface area contributed by atoms with E-state index in [1.165, 1.54) is 12.8 Å². The van der Waals surface area contributed by atoms with Gasteiger partial charge in [-0.2, -0.15) is 10.3 Å². The lowest BCUT2D eigenvalue weighted by Crippen LogP contribution is -2.41. The van der Waals surface area contributed by atoms with E-state index in [4.69, 9.17) is 10.1 Å². The van der Waals surface area contributed by atoms with Gasteiger partial charge in [-0.15, -0.1) is 0 Å². The first kappa shape index (κ1) is 8.03. The first-order chi connectivity index (χ1) is 5.85. The molecule has 0 saturated carbocycles. The van der Waals surface area contributed by atoms with Crippen molar-refractivity contribution >= 4 is 0 Å². The Kier molecular flexibility index (Phi) is 2.03. The molecule has 2 saturated heterocycles. The third kappa shape index (κ3) is 1.12. The van der Waals surface area contributed by atoms with Crippen LogP contribution in [0.5, 0.6) is 0 Å². The molecule has 66 valence electrons. The standard InChI is InChI=1S/C9H14N2O/c1-12-11-8-2-3-9(11)5-7(4-8)6-10/h7-9H,2-5H2,1H3/t7-,8-,9+. The Morgan fingerprint density at radius 2 is 1.92 bits per heavy atom. The fraction of sp³-hybridized carbons (Fsp3) is 0.889. The number of piperidine rings is 1. The molecule has 0 N–H and O–H groups in total. The molecule has 0 spiro atoms. The molecule has 2 aliphatic rings. The predicted octanol–water partition coefficient (Wildman–Crippen LogP) is 1.31. The number of hydroxylamine groups is 2. The minimum atomic E-state index is 0.272. The third-order valence-electron chi connectivity index (χ3n) is 3.06. The van der Waals surface area contributed by atoms with Gasteiger partial charge in [0, 0.05) is 18.0 Å². The smallest absolute Gasteiger partial charge is 0.0657 e. The monoisotopic (exact) mass is 166 g/mol. The zero-order chi connectivity index (χ0) is 8.55. The second kappa shape index (κ2) is 3.04. The number of hydrogen-bond donors (Lipinski definition) is 0. The van der Waals surface area contributed by atoms with E-state index in [1.807, 2.05) is 0 Å². The van der Waals surface area contributed by atoms with E-state index in [9.17, 15) is 0 Å². The largest absolute Gasteiger partial charge is 0.302 e. The van der Waals surface area contributed by atoms with Crippen molar-refractivity contribution < 1.29 is 4.84 Å². The number of rotatable bonds is 1. The van der Waals surface area contributed by atoms with E-state index in [1.54, 1.807) is 7.11 Å². The molecule has 0 aromatic rings. The number of hydrogen-bond acceptors (Lipinski definition) is 3. The van der Waals surface area contributed by atoms with Gasteiger partial charge < -0.3 is 4.84 Å². The van der Waals surface area contributed by atoms with Crippen molar-refractivity contribution in [3.8, 4) is 6.07 Å². The van der Waals surface area contributed by atoms with E-state index >= 15 is 0 Å². The van der Waals surface area contributed by atoms with Crippen LogP contribution in [0.3, 0.4) is 0 Å². The minimum absolute atomic E-state index is 0.272. The number of nitriles is 1. The molecule has 0 unspecified atom stereocenters. The van der Waals surface area contributed by atoms with Crippen molar-refractivity contribution in [2.24, 2.45) is 5.92 Å². The maximum absolute atomic E-state index is 8.80. The average molecular weight is 166 g/mol. The maximum Gasteiger partial charge on any atom is 0.0657 e. The molecule has 3 nitrogen and oxygen atoms in total. The molecule has 0 amide bonds. The van der Waals surface area contributed by atoms with Crippen LogP contribution < -0.4 is 0 Å². The average Bonchev–Trinajstić information content (AvgIpc) is 2.35. The summed E-state index contributed by atoms with van der Waals surface area (Å²) in [5.74, 6) is 0.272. The van der Waals surface area contributed by atoms with Gasteiger partial charge in [-0.1, -0.05) is 0 Å². The lowest BCUT2D eigenvalue weighted by Gasteiger charge is -2.34. The molecule has 0 aromatic heterocycles. The molecular weight excluding hydrogens is 152 g/mol. The van der Waals surface area contributed by atoms with Gasteiger partial charge in [0.15, 0.2) is 0 Å². The van der Waals surface area contributed by atoms with Crippen molar-refractivity contribution in [1.29, 1.82) is 5.26 Å². The van der Waals surface area contributed by atoms with Gasteiger partial charge in [0.05, 0.1) is 13.2 Å². The summed E-state index contributed by atoms with van der Waals surface area (Å²) in [7, 11) is 1.73. The van der Waals surface area contributed by atoms with E-state index in [0.29, 0.717) is 12.1 Å². The lowest BCUT2D eigenvalue weighted by atomic mass is 9.94. The van der Waals surface area contributed by atoms with Crippen LogP contribution in [-0.4, -0.2) is 24.3 Å². The van der Waals surface area contributed by atoms with E-state index in [2.05, 4.69) is 11.1 Å². The van der Waals surface area contributed by atoms with Gasteiger partial charge in [-0.05, 0) is 25.7 Å². The molecule has 2 rings (SSSR count). The molecule has 2 aliphatic heterocycles. The highest BCUT2D eigenvalue weighted by atomic mass is 16.7. The maximum atomic E-state index is 8.80. The normalized spacial score (nSPS) is 41.2. The van der Waals surface area contributed by atoms with Crippen molar-refractivity contribution in [3.63, 3.8) is 0 Å². The van der Waals surface area contributed by atoms with Gasteiger partial charge in [0.2, 0.25) is 0 Å². The fourth-order valence-corrected chi connectivity index (χ4v) is 2.54. The van der Waals surface area contributed by atoms with E-state index < -0.39 is 0 Å². The lowest BCUT2D eigenvalue weighted by molar-refractivity contribution is -0.185. The van der Waals surface area contributed by atoms with Gasteiger partial charge in [-0.25, -0.2) is 0 Å². The zero-order valence-corrected chi connectivity index (χ0v) is 7.36. The van der Waals surface area contributed by atoms with Crippen LogP contribution >= 0.6 is 0 Å². The fourth-order valence-electron chi connectivity index (χ4n) is 2.54. The summed E-state index contributed by atoms with van der Waals surface area (Å²) in [6.07, 6.45) is 4.41. The summed E-state index contributed by atoms with van der Waals surface area (Å²) >= 11 is 0. The summed E-state index contributed by atoms with van der Waals surface area (Å²) in [6, 6.07) is 3.39. The second-order valence-corrected chi connectivity index (χ2v) is 3.72. The van der Waals surface area contributed by atoms with Gasteiger partial charge in [-0.3, -0.25) is 0 Å². The second-order valence-electron chi connectivity index (χ2n) is 3.72. The third-order valence-corrected chi connectivity index (χ3v) is 3.06. The topological polar surface area (TPSA) is 36.3 Å². The Morgan fingerprint density at radius 1 is 1.33 bits per heavy atom. The summed E-state index contributed by atoms with van der Waals surface area (Å²) in [5, 5.41) is 10.9. The van der Waals surface area contributed by atoms with Crippen LogP contribution in [0.15, 0.2) is 0 Å². The predicted molar refractivity (Wildman–Crippen MR) is 44.0 cm³/mol. The van der Waals surface area contributed by atoms with E-state index in [-0.39, 0.29) is 5.92 Å². The Morgan fingerprint density at radius 3 is 2.33 bits per heavy atom. The van der Waals surface area contributed by atoms with Gasteiger partial charge >= 0.3 is 0 Å². The number of fused-ring (bicyclic) bond motifs is 2. The van der Waals surface area contributed by atoms with Gasteiger partial charge in [0.25, 0.3) is 0 Å². The van der Waals surface area contributed by atoms with Crippen LogP contribution in [-0.2, 0) is 4.84 Å². The first-order valence-electron chi connectivity index (χ1n) is 4.57. The summed E-state index contributed by atoms with van der Waals surface area (Å²) in [4.78, 5) is 5.29. The SMILES string of the molecule is CON1[C@@H]2CC[C@H]1C[C@H](C#N)C2. The van der Waals surface area contributed by atoms with Crippen LogP contribution in [0.25, 0.3) is 0 Å². The van der Waals surface area contributed by atoms with E-state index in [0.717, 1.165) is 12.8 Å². The molecule has 3 atom stereocenters. The molecule has 3 heteroatoms. The van der Waals surface area contributed by atoms with Crippen LogP contribution in [0.2, 0.25) is 0 Å². The highest BCUT2D eigenvalue weighted by Crippen LogP contribution is 2.37. The molecular formula is C9H14N2O. The molecule has 2 heterocycles. The highest BCUT2D eigenvalue weighted by Gasteiger charge is 2.41. The summed E-state index contributed by atoms with van der Waals surface area (Å²) in [6.45, 7) is 0. The molecule has 0 aliphatic carbocycles. The quantitative estimate of drug-likeness (QED) is 0.589. The molecule has 2 bridgehead atoms. The molecule has 2 fully saturated rings. The Bertz CT molecular complexity index is 197. The Balaban J connectivity index is 2.07. The van der Waals surface area contributed by atoms with Crippen molar-refractivity contribution in [1.82, 2.24) is 5.06 Å². The highest BCUT2D eigenvalue weighted by molar-refractivity contribution is 4.98. The molecule has 0 aromatic carbocycles. The van der Waals surface area contributed by atoms with Crippen molar-refractivity contribution in [2.75, 3.05) is 7.11 Å².